The van der Waals surface area contributed by atoms with E-state index in [0.29, 0.717) is 11.3 Å². The van der Waals surface area contributed by atoms with Crippen molar-refractivity contribution >= 4 is 5.97 Å². The lowest BCUT2D eigenvalue weighted by atomic mass is 9.85. The number of cyclic esters (lactones) is 1. The number of hydrogen-bond donors (Lipinski definition) is 1. The Bertz CT molecular complexity index is 488. The van der Waals surface area contributed by atoms with Gasteiger partial charge in [0, 0.05) is 0 Å². The number of hydrogen-bond acceptors (Lipinski definition) is 3. The van der Waals surface area contributed by atoms with Crippen LogP contribution >= 0.6 is 0 Å². The molecule has 0 radical (unpaired) electrons. The number of carbonyl (C=O) groups excluding carboxylic acids is 1. The van der Waals surface area contributed by atoms with E-state index in [0.717, 1.165) is 17.7 Å². The van der Waals surface area contributed by atoms with Crippen LogP contribution in [0.4, 0.5) is 0 Å². The average Bonchev–Trinajstić information content (AvgIpc) is 2.40. The van der Waals surface area contributed by atoms with Crippen molar-refractivity contribution in [3.8, 4) is 5.75 Å². The Balaban J connectivity index is 0.000000383. The largest absolute Gasteiger partial charge is 0.456 e. The van der Waals surface area contributed by atoms with Crippen molar-refractivity contribution in [2.24, 2.45) is 0 Å². The number of quaternary nitrogens is 1. The molecule has 0 aliphatic carbocycles. The van der Waals surface area contributed by atoms with Crippen LogP contribution in [0.25, 0.3) is 0 Å². The molecule has 21 heavy (non-hydrogen) atoms. The summed E-state index contributed by atoms with van der Waals surface area (Å²) in [6.07, 6.45) is 2.56. The molecule has 0 saturated carbocycles. The van der Waals surface area contributed by atoms with Gasteiger partial charge in [-0.25, -0.2) is 4.79 Å². The van der Waals surface area contributed by atoms with Gasteiger partial charge in [0.15, 0.2) is 0 Å². The highest BCUT2D eigenvalue weighted by atomic mass is 16.7. The van der Waals surface area contributed by atoms with E-state index in [1.807, 2.05) is 13.0 Å². The van der Waals surface area contributed by atoms with E-state index in [1.54, 1.807) is 0 Å². The van der Waals surface area contributed by atoms with Crippen LogP contribution in [0.5, 0.6) is 5.75 Å². The highest BCUT2D eigenvalue weighted by Gasteiger charge is 2.25. The lowest BCUT2D eigenvalue weighted by molar-refractivity contribution is -0.368. The predicted molar refractivity (Wildman–Crippen MR) is 83.5 cm³/mol. The van der Waals surface area contributed by atoms with Crippen LogP contribution in [-0.2, 0) is 10.2 Å². The fourth-order valence-corrected chi connectivity index (χ4v) is 2.02. The average molecular weight is 294 g/mol. The van der Waals surface area contributed by atoms with Crippen molar-refractivity contribution < 1.29 is 20.0 Å². The Morgan fingerprint density at radius 3 is 2.38 bits per heavy atom. The first-order chi connectivity index (χ1) is 9.81. The quantitative estimate of drug-likeness (QED) is 0.853. The maximum Gasteiger partial charge on any atom is 0.344 e. The monoisotopic (exact) mass is 294 g/mol. The van der Waals surface area contributed by atoms with Crippen LogP contribution in [0.15, 0.2) is 12.1 Å². The third-order valence-electron chi connectivity index (χ3n) is 3.36. The first-order valence-electron chi connectivity index (χ1n) is 7.55. The lowest BCUT2D eigenvalue weighted by Gasteiger charge is -2.24. The van der Waals surface area contributed by atoms with Crippen LogP contribution in [0.1, 0.15) is 62.0 Å². The molecule has 0 saturated heterocycles. The molecule has 0 unspecified atom stereocenters. The van der Waals surface area contributed by atoms with Crippen molar-refractivity contribution in [1.29, 1.82) is 0 Å². The standard InChI is InChI=1S/C13H16O3.C4H11N/c1-8-5-9(13(2,3)4)6-10-11(8)15-7-16-12(10)14;1-2-3-4-5/h5-6H,7H2,1-4H3;2-5H2,1H3/p+1. The van der Waals surface area contributed by atoms with Crippen molar-refractivity contribution in [3.63, 3.8) is 0 Å². The number of esters is 1. The van der Waals surface area contributed by atoms with Crippen LogP contribution < -0.4 is 10.5 Å². The summed E-state index contributed by atoms with van der Waals surface area (Å²) < 4.78 is 10.2. The molecule has 2 rings (SSSR count). The third-order valence-corrected chi connectivity index (χ3v) is 3.36. The Kier molecular flexibility index (Phi) is 6.21. The fourth-order valence-electron chi connectivity index (χ4n) is 2.02. The summed E-state index contributed by atoms with van der Waals surface area (Å²) in [5.74, 6) is 0.361. The van der Waals surface area contributed by atoms with Gasteiger partial charge < -0.3 is 15.2 Å². The molecule has 1 aliphatic rings. The number of aryl methyl sites for hydroxylation is 1. The Hall–Kier alpha value is -1.55. The van der Waals surface area contributed by atoms with Crippen molar-refractivity contribution in [3.05, 3.63) is 28.8 Å². The van der Waals surface area contributed by atoms with Gasteiger partial charge in [0.05, 0.1) is 6.54 Å². The zero-order valence-corrected chi connectivity index (χ0v) is 13.9. The van der Waals surface area contributed by atoms with Crippen LogP contribution in [0, 0.1) is 6.92 Å². The van der Waals surface area contributed by atoms with Gasteiger partial charge in [0.2, 0.25) is 6.79 Å². The maximum absolute atomic E-state index is 11.6. The summed E-state index contributed by atoms with van der Waals surface area (Å²) in [4.78, 5) is 11.6. The van der Waals surface area contributed by atoms with E-state index in [2.05, 4.69) is 39.5 Å². The first kappa shape index (κ1) is 17.5. The second-order valence-corrected chi connectivity index (χ2v) is 6.32. The molecule has 1 heterocycles. The SMILES string of the molecule is CCCC[NH3+].Cc1cc(C(C)(C)C)cc2c1OCOC2=O. The molecular weight excluding hydrogens is 266 g/mol. The van der Waals surface area contributed by atoms with Gasteiger partial charge in [-0.1, -0.05) is 40.2 Å². The number of benzene rings is 1. The molecule has 4 nitrogen and oxygen atoms in total. The second-order valence-electron chi connectivity index (χ2n) is 6.32. The molecule has 3 N–H and O–H groups in total. The minimum absolute atomic E-state index is 0.0114. The van der Waals surface area contributed by atoms with Gasteiger partial charge >= 0.3 is 5.97 Å². The summed E-state index contributed by atoms with van der Waals surface area (Å²) in [7, 11) is 0. The van der Waals surface area contributed by atoms with E-state index >= 15 is 0 Å². The lowest BCUT2D eigenvalue weighted by Crippen LogP contribution is -2.49. The topological polar surface area (TPSA) is 63.2 Å². The van der Waals surface area contributed by atoms with Crippen LogP contribution in [0.3, 0.4) is 0 Å². The van der Waals surface area contributed by atoms with Gasteiger partial charge in [0.25, 0.3) is 0 Å². The maximum atomic E-state index is 11.6. The molecule has 1 aliphatic heterocycles. The van der Waals surface area contributed by atoms with E-state index in [1.165, 1.54) is 12.8 Å². The predicted octanol–water partition coefficient (Wildman–Crippen LogP) is 2.83. The normalized spacial score (nSPS) is 13.5. The minimum atomic E-state index is -0.296. The van der Waals surface area contributed by atoms with E-state index in [4.69, 9.17) is 9.47 Å². The molecule has 0 bridgehead atoms. The summed E-state index contributed by atoms with van der Waals surface area (Å²) in [6.45, 7) is 11.6. The molecule has 118 valence electrons. The van der Waals surface area contributed by atoms with E-state index in [9.17, 15) is 4.79 Å². The van der Waals surface area contributed by atoms with Gasteiger partial charge in [-0.3, -0.25) is 0 Å². The van der Waals surface area contributed by atoms with Crippen molar-refractivity contribution in [2.45, 2.75) is 52.9 Å². The zero-order chi connectivity index (χ0) is 16.0. The molecule has 1 aromatic carbocycles. The fraction of sp³-hybridized carbons (Fsp3) is 0.588. The highest BCUT2D eigenvalue weighted by Crippen LogP contribution is 2.33. The van der Waals surface area contributed by atoms with Gasteiger partial charge in [-0.15, -0.1) is 0 Å². The highest BCUT2D eigenvalue weighted by molar-refractivity contribution is 5.94. The van der Waals surface area contributed by atoms with Crippen LogP contribution in [0.2, 0.25) is 0 Å². The molecule has 4 heteroatoms. The van der Waals surface area contributed by atoms with Crippen molar-refractivity contribution in [2.75, 3.05) is 13.3 Å². The van der Waals surface area contributed by atoms with Gasteiger partial charge in [-0.2, -0.15) is 0 Å². The Morgan fingerprint density at radius 2 is 1.90 bits per heavy atom. The number of unbranched alkanes of at least 4 members (excludes halogenated alkanes) is 1. The molecule has 0 atom stereocenters. The zero-order valence-electron chi connectivity index (χ0n) is 13.9. The van der Waals surface area contributed by atoms with E-state index < -0.39 is 0 Å². The molecule has 0 aromatic heterocycles. The second kappa shape index (κ2) is 7.46. The Labute approximate surface area is 127 Å². The smallest absolute Gasteiger partial charge is 0.344 e. The number of ether oxygens (including phenoxy) is 2. The summed E-state index contributed by atoms with van der Waals surface area (Å²) in [5, 5.41) is 0. The van der Waals surface area contributed by atoms with Gasteiger partial charge in [0.1, 0.15) is 11.3 Å². The molecule has 0 spiro atoms. The van der Waals surface area contributed by atoms with Gasteiger partial charge in [-0.05, 0) is 36.0 Å². The van der Waals surface area contributed by atoms with Crippen LogP contribution in [-0.4, -0.2) is 19.3 Å². The first-order valence-corrected chi connectivity index (χ1v) is 7.55. The van der Waals surface area contributed by atoms with Crippen molar-refractivity contribution in [1.82, 2.24) is 0 Å². The summed E-state index contributed by atoms with van der Waals surface area (Å²) in [6, 6.07) is 3.93. The minimum Gasteiger partial charge on any atom is -0.456 e. The number of carbonyl (C=O) groups is 1. The molecule has 0 amide bonds. The summed E-state index contributed by atoms with van der Waals surface area (Å²) in [5.41, 5.74) is 6.33. The Morgan fingerprint density at radius 1 is 1.24 bits per heavy atom. The number of fused-ring (bicyclic) bond motifs is 1. The molecule has 1 aromatic rings. The third kappa shape index (κ3) is 4.74. The number of rotatable bonds is 2. The molecular formula is C17H28NO3+. The summed E-state index contributed by atoms with van der Waals surface area (Å²) >= 11 is 0. The van der Waals surface area contributed by atoms with E-state index in [-0.39, 0.29) is 18.2 Å². The molecule has 0 fully saturated rings.